The van der Waals surface area contributed by atoms with Crippen LogP contribution >= 0.6 is 11.3 Å². The van der Waals surface area contributed by atoms with Gasteiger partial charge >= 0.3 is 0 Å². The summed E-state index contributed by atoms with van der Waals surface area (Å²) >= 11 is 1.61. The third-order valence-electron chi connectivity index (χ3n) is 2.23. The second kappa shape index (κ2) is 4.57. The van der Waals surface area contributed by atoms with E-state index < -0.39 is 5.79 Å². The van der Waals surface area contributed by atoms with Gasteiger partial charge in [-0.2, -0.15) is 0 Å². The first-order chi connectivity index (χ1) is 7.16. The zero-order valence-electron chi connectivity index (χ0n) is 9.03. The van der Waals surface area contributed by atoms with Crippen molar-refractivity contribution in [2.45, 2.75) is 32.3 Å². The van der Waals surface area contributed by atoms with Gasteiger partial charge in [-0.3, -0.25) is 0 Å². The molecule has 0 saturated carbocycles. The minimum atomic E-state index is -0.424. The van der Waals surface area contributed by atoms with Gasteiger partial charge in [-0.15, -0.1) is 11.3 Å². The van der Waals surface area contributed by atoms with Gasteiger partial charge in [0.1, 0.15) is 0 Å². The Kier molecular flexibility index (Phi) is 3.35. The third-order valence-corrected chi connectivity index (χ3v) is 2.86. The van der Waals surface area contributed by atoms with Gasteiger partial charge in [0.05, 0.1) is 23.9 Å². The molecule has 84 valence electrons. The molecule has 1 fully saturated rings. The van der Waals surface area contributed by atoms with E-state index in [-0.39, 0.29) is 6.10 Å². The molecule has 4 nitrogen and oxygen atoms in total. The first kappa shape index (κ1) is 11.0. The van der Waals surface area contributed by atoms with E-state index in [9.17, 15) is 0 Å². The molecule has 2 heterocycles. The maximum Gasteiger partial charge on any atom is 0.163 e. The number of aromatic nitrogens is 1. The average Bonchev–Trinajstić information content (AvgIpc) is 2.76. The number of nitrogens with one attached hydrogen (secondary N) is 1. The van der Waals surface area contributed by atoms with Crippen molar-refractivity contribution < 1.29 is 9.47 Å². The van der Waals surface area contributed by atoms with Crippen LogP contribution in [-0.4, -0.2) is 30.0 Å². The summed E-state index contributed by atoms with van der Waals surface area (Å²) in [6, 6.07) is 0. The molecule has 1 N–H and O–H groups in total. The number of rotatable bonds is 4. The molecule has 1 unspecified atom stereocenters. The second-order valence-corrected chi connectivity index (χ2v) is 4.78. The van der Waals surface area contributed by atoms with Crippen LogP contribution < -0.4 is 5.32 Å². The van der Waals surface area contributed by atoms with Gasteiger partial charge in [0.25, 0.3) is 0 Å². The van der Waals surface area contributed by atoms with Crippen molar-refractivity contribution in [2.75, 3.05) is 13.2 Å². The molecule has 2 rings (SSSR count). The molecule has 1 aliphatic rings. The largest absolute Gasteiger partial charge is 0.348 e. The van der Waals surface area contributed by atoms with Gasteiger partial charge in [-0.25, -0.2) is 4.98 Å². The Labute approximate surface area is 93.6 Å². The number of nitrogens with zero attached hydrogens (tertiary/aromatic N) is 1. The molecule has 0 aromatic carbocycles. The van der Waals surface area contributed by atoms with Crippen LogP contribution in [0.1, 0.15) is 19.5 Å². The van der Waals surface area contributed by atoms with Crippen molar-refractivity contribution in [3.63, 3.8) is 0 Å². The molecule has 0 spiro atoms. The van der Waals surface area contributed by atoms with Crippen LogP contribution in [0, 0.1) is 0 Å². The Balaban J connectivity index is 1.67. The number of thiazole rings is 1. The van der Waals surface area contributed by atoms with Crippen molar-refractivity contribution >= 4 is 11.3 Å². The van der Waals surface area contributed by atoms with E-state index in [0.717, 1.165) is 18.8 Å². The van der Waals surface area contributed by atoms with Crippen molar-refractivity contribution in [1.82, 2.24) is 10.3 Å². The topological polar surface area (TPSA) is 43.4 Å². The summed E-state index contributed by atoms with van der Waals surface area (Å²) in [6.07, 6.45) is 0.152. The molecule has 0 amide bonds. The van der Waals surface area contributed by atoms with Crippen LogP contribution in [0.5, 0.6) is 0 Å². The summed E-state index contributed by atoms with van der Waals surface area (Å²) in [7, 11) is 0. The molecule has 1 atom stereocenters. The Bertz CT molecular complexity index is 300. The van der Waals surface area contributed by atoms with Crippen LogP contribution in [0.15, 0.2) is 10.9 Å². The molecular weight excluding hydrogens is 212 g/mol. The Hall–Kier alpha value is -0.490. The highest BCUT2D eigenvalue weighted by Gasteiger charge is 2.32. The first-order valence-corrected chi connectivity index (χ1v) is 5.99. The van der Waals surface area contributed by atoms with Crippen molar-refractivity contribution in [1.29, 1.82) is 0 Å². The molecule has 15 heavy (non-hydrogen) atoms. The zero-order valence-corrected chi connectivity index (χ0v) is 9.84. The number of ether oxygens (including phenoxy) is 2. The summed E-state index contributed by atoms with van der Waals surface area (Å²) < 4.78 is 11.1. The van der Waals surface area contributed by atoms with Crippen molar-refractivity contribution in [2.24, 2.45) is 0 Å². The normalized spacial score (nSPS) is 24.5. The second-order valence-electron chi connectivity index (χ2n) is 4.06. The average molecular weight is 228 g/mol. The predicted molar refractivity (Wildman–Crippen MR) is 58.7 cm³/mol. The quantitative estimate of drug-likeness (QED) is 0.845. The van der Waals surface area contributed by atoms with Crippen LogP contribution in [-0.2, 0) is 16.0 Å². The van der Waals surface area contributed by atoms with E-state index in [2.05, 4.69) is 10.3 Å². The predicted octanol–water partition coefficient (Wildman–Crippen LogP) is 1.38. The van der Waals surface area contributed by atoms with Gasteiger partial charge < -0.3 is 14.8 Å². The lowest BCUT2D eigenvalue weighted by Gasteiger charge is -2.17. The monoisotopic (exact) mass is 228 g/mol. The number of hydrogen-bond donors (Lipinski definition) is 1. The number of hydrogen-bond acceptors (Lipinski definition) is 5. The minimum absolute atomic E-state index is 0.152. The smallest absolute Gasteiger partial charge is 0.163 e. The van der Waals surface area contributed by atoms with Crippen molar-refractivity contribution in [3.05, 3.63) is 16.6 Å². The Morgan fingerprint density at radius 1 is 1.67 bits per heavy atom. The lowest BCUT2D eigenvalue weighted by atomic mass is 10.3. The molecule has 5 heteroatoms. The maximum absolute atomic E-state index is 5.67. The van der Waals surface area contributed by atoms with Crippen LogP contribution in [0.4, 0.5) is 0 Å². The first-order valence-electron chi connectivity index (χ1n) is 5.05. The molecule has 1 saturated heterocycles. The van der Waals surface area contributed by atoms with E-state index in [1.54, 1.807) is 11.3 Å². The van der Waals surface area contributed by atoms with E-state index in [1.807, 2.05) is 24.7 Å². The maximum atomic E-state index is 5.67. The lowest BCUT2D eigenvalue weighted by Crippen LogP contribution is -2.30. The van der Waals surface area contributed by atoms with E-state index in [0.29, 0.717) is 6.61 Å². The molecule has 1 aromatic rings. The Morgan fingerprint density at radius 2 is 2.53 bits per heavy atom. The minimum Gasteiger partial charge on any atom is -0.348 e. The summed E-state index contributed by atoms with van der Waals surface area (Å²) in [5.74, 6) is -0.424. The standard InChI is InChI=1S/C10H16N2O2S/c1-10(2)13-5-9(14-10)4-11-3-8-6-15-7-12-8/h6-7,9,11H,3-5H2,1-2H3. The summed E-state index contributed by atoms with van der Waals surface area (Å²) in [5, 5.41) is 5.35. The van der Waals surface area contributed by atoms with Gasteiger partial charge in [0.2, 0.25) is 0 Å². The fraction of sp³-hybridized carbons (Fsp3) is 0.700. The molecular formula is C10H16N2O2S. The van der Waals surface area contributed by atoms with Crippen LogP contribution in [0.2, 0.25) is 0 Å². The van der Waals surface area contributed by atoms with Crippen LogP contribution in [0.25, 0.3) is 0 Å². The lowest BCUT2D eigenvalue weighted by molar-refractivity contribution is -0.137. The Morgan fingerprint density at radius 3 is 3.13 bits per heavy atom. The summed E-state index contributed by atoms with van der Waals surface area (Å²) in [6.45, 7) is 6.14. The molecule has 0 bridgehead atoms. The molecule has 1 aliphatic heterocycles. The molecule has 1 aromatic heterocycles. The summed E-state index contributed by atoms with van der Waals surface area (Å²) in [5.41, 5.74) is 2.92. The highest BCUT2D eigenvalue weighted by Crippen LogP contribution is 2.21. The van der Waals surface area contributed by atoms with E-state index in [1.165, 1.54) is 0 Å². The third kappa shape index (κ3) is 3.24. The summed E-state index contributed by atoms with van der Waals surface area (Å²) in [4.78, 5) is 4.19. The van der Waals surface area contributed by atoms with E-state index in [4.69, 9.17) is 9.47 Å². The van der Waals surface area contributed by atoms with E-state index >= 15 is 0 Å². The highest BCUT2D eigenvalue weighted by molar-refractivity contribution is 7.07. The van der Waals surface area contributed by atoms with Crippen molar-refractivity contribution in [3.8, 4) is 0 Å². The fourth-order valence-corrected chi connectivity index (χ4v) is 2.11. The highest BCUT2D eigenvalue weighted by atomic mass is 32.1. The van der Waals surface area contributed by atoms with Crippen LogP contribution in [0.3, 0.4) is 0 Å². The van der Waals surface area contributed by atoms with Gasteiger partial charge in [0.15, 0.2) is 5.79 Å². The fourth-order valence-electron chi connectivity index (χ4n) is 1.55. The molecule has 0 radical (unpaired) electrons. The molecule has 0 aliphatic carbocycles. The SMILES string of the molecule is CC1(C)OCC(CNCc2cscn2)O1. The van der Waals surface area contributed by atoms with Gasteiger partial charge in [-0.05, 0) is 13.8 Å². The zero-order chi connectivity index (χ0) is 10.7. The van der Waals surface area contributed by atoms with Gasteiger partial charge in [-0.1, -0.05) is 0 Å². The van der Waals surface area contributed by atoms with Gasteiger partial charge in [0, 0.05) is 18.5 Å².